The van der Waals surface area contributed by atoms with Crippen molar-refractivity contribution in [3.05, 3.63) is 58.9 Å². The first-order valence-corrected chi connectivity index (χ1v) is 8.65. The second-order valence-corrected chi connectivity index (χ2v) is 6.35. The molecule has 2 N–H and O–H groups in total. The summed E-state index contributed by atoms with van der Waals surface area (Å²) in [6.07, 6.45) is 0.941. The van der Waals surface area contributed by atoms with Gasteiger partial charge in [-0.3, -0.25) is 4.79 Å². The largest absolute Gasteiger partial charge is 0.393 e. The Balaban J connectivity index is 2.15. The molecule has 130 valence electrons. The highest BCUT2D eigenvalue weighted by atomic mass is 16.3. The summed E-state index contributed by atoms with van der Waals surface area (Å²) >= 11 is 0. The molecule has 24 heavy (non-hydrogen) atoms. The van der Waals surface area contributed by atoms with Crippen molar-refractivity contribution >= 4 is 5.91 Å². The number of carbonyl (C=O) groups excluding carboxylic acids is 1. The van der Waals surface area contributed by atoms with Gasteiger partial charge < -0.3 is 15.0 Å². The number of benzene rings is 1. The van der Waals surface area contributed by atoms with E-state index in [-0.39, 0.29) is 18.1 Å². The third-order valence-corrected chi connectivity index (χ3v) is 4.63. The third kappa shape index (κ3) is 4.06. The summed E-state index contributed by atoms with van der Waals surface area (Å²) in [5.41, 5.74) is 3.97. The van der Waals surface area contributed by atoms with Crippen LogP contribution in [0.5, 0.6) is 0 Å². The van der Waals surface area contributed by atoms with E-state index in [9.17, 15) is 9.90 Å². The van der Waals surface area contributed by atoms with Gasteiger partial charge in [0.15, 0.2) is 0 Å². The van der Waals surface area contributed by atoms with Crippen LogP contribution in [0.3, 0.4) is 0 Å². The molecule has 1 amide bonds. The molecule has 4 nitrogen and oxygen atoms in total. The minimum atomic E-state index is -0.351. The fourth-order valence-electron chi connectivity index (χ4n) is 3.14. The highest BCUT2D eigenvalue weighted by Gasteiger charge is 2.19. The van der Waals surface area contributed by atoms with Crippen molar-refractivity contribution in [2.45, 2.75) is 52.7 Å². The summed E-state index contributed by atoms with van der Waals surface area (Å²) in [6, 6.07) is 12.4. The standard InChI is InChI=1S/C20H28N2O2/c1-5-18(23)11-12-21-20(24)19-13-14(2)22(16(19)4)15(3)17-9-7-6-8-10-17/h6-10,13,15,18,23H,5,11-12H2,1-4H3,(H,21,24). The van der Waals surface area contributed by atoms with E-state index >= 15 is 0 Å². The first-order valence-electron chi connectivity index (χ1n) is 8.65. The van der Waals surface area contributed by atoms with E-state index in [0.717, 1.165) is 11.4 Å². The van der Waals surface area contributed by atoms with E-state index < -0.39 is 0 Å². The van der Waals surface area contributed by atoms with E-state index in [2.05, 4.69) is 28.9 Å². The van der Waals surface area contributed by atoms with Gasteiger partial charge in [0.2, 0.25) is 0 Å². The van der Waals surface area contributed by atoms with Crippen LogP contribution < -0.4 is 5.32 Å². The predicted octanol–water partition coefficient (Wildman–Crippen LogP) is 3.61. The second-order valence-electron chi connectivity index (χ2n) is 6.35. The van der Waals surface area contributed by atoms with Crippen molar-refractivity contribution in [3.8, 4) is 0 Å². The van der Waals surface area contributed by atoms with Gasteiger partial charge in [-0.05, 0) is 45.2 Å². The molecule has 4 heteroatoms. The highest BCUT2D eigenvalue weighted by molar-refractivity contribution is 5.95. The average Bonchev–Trinajstić information content (AvgIpc) is 2.89. The van der Waals surface area contributed by atoms with Crippen LogP contribution in [0, 0.1) is 13.8 Å². The summed E-state index contributed by atoms with van der Waals surface area (Å²) in [6.45, 7) is 8.59. The van der Waals surface area contributed by atoms with Crippen LogP contribution in [0.25, 0.3) is 0 Å². The first kappa shape index (κ1) is 18.3. The van der Waals surface area contributed by atoms with Gasteiger partial charge in [-0.25, -0.2) is 0 Å². The van der Waals surface area contributed by atoms with Gasteiger partial charge in [-0.1, -0.05) is 37.3 Å². The number of aryl methyl sites for hydroxylation is 1. The van der Waals surface area contributed by atoms with Crippen LogP contribution in [0.1, 0.15) is 60.0 Å². The molecule has 0 bridgehead atoms. The first-order chi connectivity index (χ1) is 11.5. The van der Waals surface area contributed by atoms with E-state index in [0.29, 0.717) is 24.9 Å². The highest BCUT2D eigenvalue weighted by Crippen LogP contribution is 2.25. The van der Waals surface area contributed by atoms with Crippen molar-refractivity contribution < 1.29 is 9.90 Å². The number of aliphatic hydroxyl groups excluding tert-OH is 1. The Kier molecular flexibility index (Phi) is 6.21. The fourth-order valence-corrected chi connectivity index (χ4v) is 3.14. The lowest BCUT2D eigenvalue weighted by Crippen LogP contribution is -2.27. The zero-order chi connectivity index (χ0) is 17.7. The molecule has 1 aromatic carbocycles. The Labute approximate surface area is 144 Å². The lowest BCUT2D eigenvalue weighted by atomic mass is 10.1. The SMILES string of the molecule is CCC(O)CCNC(=O)c1cc(C)n(C(C)c2ccccc2)c1C. The molecule has 0 fully saturated rings. The lowest BCUT2D eigenvalue weighted by molar-refractivity contribution is 0.0941. The number of nitrogens with zero attached hydrogens (tertiary/aromatic N) is 1. The number of carbonyl (C=O) groups is 1. The van der Waals surface area contributed by atoms with Crippen LogP contribution in [0.4, 0.5) is 0 Å². The average molecular weight is 328 g/mol. The number of hydrogen-bond acceptors (Lipinski definition) is 2. The van der Waals surface area contributed by atoms with Gasteiger partial charge in [0.25, 0.3) is 5.91 Å². The van der Waals surface area contributed by atoms with E-state index in [1.807, 2.05) is 45.0 Å². The van der Waals surface area contributed by atoms with Crippen molar-refractivity contribution in [3.63, 3.8) is 0 Å². The molecule has 0 radical (unpaired) electrons. The van der Waals surface area contributed by atoms with Gasteiger partial charge >= 0.3 is 0 Å². The number of amides is 1. The predicted molar refractivity (Wildman–Crippen MR) is 97.4 cm³/mol. The maximum Gasteiger partial charge on any atom is 0.253 e. The Morgan fingerprint density at radius 1 is 1.25 bits per heavy atom. The maximum atomic E-state index is 12.5. The van der Waals surface area contributed by atoms with Gasteiger partial charge in [0.05, 0.1) is 17.7 Å². The topological polar surface area (TPSA) is 54.3 Å². The van der Waals surface area contributed by atoms with Gasteiger partial charge in [0.1, 0.15) is 0 Å². The van der Waals surface area contributed by atoms with E-state index in [1.165, 1.54) is 5.56 Å². The summed E-state index contributed by atoms with van der Waals surface area (Å²) in [5, 5.41) is 12.5. The molecular formula is C20H28N2O2. The Morgan fingerprint density at radius 3 is 2.54 bits per heavy atom. The van der Waals surface area contributed by atoms with Gasteiger partial charge in [0, 0.05) is 17.9 Å². The van der Waals surface area contributed by atoms with Crippen molar-refractivity contribution in [1.29, 1.82) is 0 Å². The molecule has 0 saturated heterocycles. The minimum absolute atomic E-state index is 0.0714. The zero-order valence-corrected chi connectivity index (χ0v) is 15.0. The fraction of sp³-hybridized carbons (Fsp3) is 0.450. The molecule has 0 aliphatic heterocycles. The maximum absolute atomic E-state index is 12.5. The summed E-state index contributed by atoms with van der Waals surface area (Å²) < 4.78 is 2.20. The Hall–Kier alpha value is -2.07. The van der Waals surface area contributed by atoms with Crippen LogP contribution >= 0.6 is 0 Å². The summed E-state index contributed by atoms with van der Waals surface area (Å²) in [7, 11) is 0. The number of hydrogen-bond donors (Lipinski definition) is 2. The molecule has 2 aromatic rings. The van der Waals surface area contributed by atoms with E-state index in [4.69, 9.17) is 0 Å². The molecule has 2 atom stereocenters. The van der Waals surface area contributed by atoms with Crippen LogP contribution in [0.15, 0.2) is 36.4 Å². The summed E-state index contributed by atoms with van der Waals surface area (Å²) in [5.74, 6) is -0.0714. The molecule has 2 unspecified atom stereocenters. The van der Waals surface area contributed by atoms with Crippen molar-refractivity contribution in [2.75, 3.05) is 6.54 Å². The Morgan fingerprint density at radius 2 is 1.92 bits per heavy atom. The summed E-state index contributed by atoms with van der Waals surface area (Å²) in [4.78, 5) is 12.5. The number of rotatable bonds is 7. The molecule has 0 aliphatic rings. The quantitative estimate of drug-likeness (QED) is 0.816. The minimum Gasteiger partial charge on any atom is -0.393 e. The molecule has 1 heterocycles. The van der Waals surface area contributed by atoms with Gasteiger partial charge in [-0.15, -0.1) is 0 Å². The normalized spacial score (nSPS) is 13.5. The molecule has 0 spiro atoms. The van der Waals surface area contributed by atoms with E-state index in [1.54, 1.807) is 0 Å². The molecule has 1 aromatic heterocycles. The number of aliphatic hydroxyl groups is 1. The smallest absolute Gasteiger partial charge is 0.253 e. The third-order valence-electron chi connectivity index (χ3n) is 4.63. The van der Waals surface area contributed by atoms with Crippen LogP contribution in [-0.4, -0.2) is 28.2 Å². The zero-order valence-electron chi connectivity index (χ0n) is 15.0. The molecule has 2 rings (SSSR count). The lowest BCUT2D eigenvalue weighted by Gasteiger charge is -2.19. The van der Waals surface area contributed by atoms with Gasteiger partial charge in [-0.2, -0.15) is 0 Å². The molecular weight excluding hydrogens is 300 g/mol. The monoisotopic (exact) mass is 328 g/mol. The van der Waals surface area contributed by atoms with Crippen LogP contribution in [0.2, 0.25) is 0 Å². The molecule has 0 aliphatic carbocycles. The van der Waals surface area contributed by atoms with Crippen molar-refractivity contribution in [1.82, 2.24) is 9.88 Å². The number of aromatic nitrogens is 1. The Bertz CT molecular complexity index is 676. The second kappa shape index (κ2) is 8.15. The van der Waals surface area contributed by atoms with Crippen LogP contribution in [-0.2, 0) is 0 Å². The number of nitrogens with one attached hydrogen (secondary N) is 1. The molecule has 0 saturated carbocycles. The van der Waals surface area contributed by atoms with Crippen molar-refractivity contribution in [2.24, 2.45) is 0 Å².